The minimum atomic E-state index is -0.911. The third-order valence-corrected chi connectivity index (χ3v) is 5.99. The highest BCUT2D eigenvalue weighted by molar-refractivity contribution is 6.05. The monoisotopic (exact) mass is 470 g/mol. The van der Waals surface area contributed by atoms with Gasteiger partial charge in [-0.05, 0) is 54.4 Å². The van der Waals surface area contributed by atoms with E-state index >= 15 is 0 Å². The number of carboxylic acid groups (broad SMARTS) is 1. The summed E-state index contributed by atoms with van der Waals surface area (Å²) in [6, 6.07) is 21.5. The van der Waals surface area contributed by atoms with E-state index in [1.54, 1.807) is 42.7 Å². The molecule has 0 spiro atoms. The molecule has 0 aliphatic carbocycles. The molecule has 1 amide bonds. The number of amides is 1. The molecule has 6 N–H and O–H groups in total. The van der Waals surface area contributed by atoms with Crippen LogP contribution in [0.15, 0.2) is 84.1 Å². The van der Waals surface area contributed by atoms with Gasteiger partial charge < -0.3 is 26.5 Å². The number of aliphatic carboxylic acids is 1. The van der Waals surface area contributed by atoms with Crippen LogP contribution in [0.4, 0.5) is 11.4 Å². The number of aromatic nitrogens is 2. The third kappa shape index (κ3) is 4.84. The maximum absolute atomic E-state index is 12.8. The van der Waals surface area contributed by atoms with Crippen LogP contribution in [-0.2, 0) is 10.3 Å². The molecule has 35 heavy (non-hydrogen) atoms. The molecule has 0 bridgehead atoms. The highest BCUT2D eigenvalue weighted by Crippen LogP contribution is 2.37. The smallest absolute Gasteiger partial charge is 0.306 e. The van der Waals surface area contributed by atoms with E-state index in [1.165, 1.54) is 0 Å². The van der Waals surface area contributed by atoms with E-state index in [0.29, 0.717) is 28.9 Å². The Bertz CT molecular complexity index is 1390. The average molecular weight is 471 g/mol. The molecule has 0 aliphatic rings. The Hall–Kier alpha value is -4.66. The van der Waals surface area contributed by atoms with Crippen LogP contribution < -0.4 is 16.8 Å². The van der Waals surface area contributed by atoms with Crippen LogP contribution in [-0.4, -0.2) is 32.5 Å². The number of rotatable bonds is 8. The van der Waals surface area contributed by atoms with Crippen molar-refractivity contribution in [3.05, 3.63) is 90.3 Å². The first-order valence-electron chi connectivity index (χ1n) is 11.1. The summed E-state index contributed by atoms with van der Waals surface area (Å²) in [5, 5.41) is 12.7. The Morgan fingerprint density at radius 1 is 1.06 bits per heavy atom. The van der Waals surface area contributed by atoms with E-state index in [0.717, 1.165) is 11.1 Å². The highest BCUT2D eigenvalue weighted by atomic mass is 16.4. The molecule has 178 valence electrons. The van der Waals surface area contributed by atoms with E-state index in [4.69, 9.17) is 11.5 Å². The van der Waals surface area contributed by atoms with Crippen LogP contribution in [0.25, 0.3) is 11.0 Å². The van der Waals surface area contributed by atoms with Gasteiger partial charge in [-0.15, -0.1) is 0 Å². The van der Waals surface area contributed by atoms with Crippen molar-refractivity contribution >= 4 is 40.2 Å². The molecule has 1 atom stereocenters. The van der Waals surface area contributed by atoms with Gasteiger partial charge in [-0.2, -0.15) is 0 Å². The highest BCUT2D eigenvalue weighted by Gasteiger charge is 2.36. The topological polar surface area (TPSA) is 149 Å². The molecule has 0 fully saturated rings. The number of carbonyl (C=O) groups excluding carboxylic acids is 1. The summed E-state index contributed by atoms with van der Waals surface area (Å²) >= 11 is 0. The molecule has 1 heterocycles. The van der Waals surface area contributed by atoms with Crippen molar-refractivity contribution < 1.29 is 14.7 Å². The minimum absolute atomic E-state index is 0.0614. The Kier molecular flexibility index (Phi) is 6.50. The second-order valence-electron chi connectivity index (χ2n) is 8.18. The molecular weight excluding hydrogens is 444 g/mol. The first-order chi connectivity index (χ1) is 16.8. The number of hydrogen-bond acceptors (Lipinski definition) is 4. The average Bonchev–Trinajstić information content (AvgIpc) is 3.27. The minimum Gasteiger partial charge on any atom is -0.481 e. The predicted molar refractivity (Wildman–Crippen MR) is 136 cm³/mol. The fourth-order valence-electron chi connectivity index (χ4n) is 4.29. The summed E-state index contributed by atoms with van der Waals surface area (Å²) in [5.74, 6) is -1.28. The summed E-state index contributed by atoms with van der Waals surface area (Å²) in [4.78, 5) is 33.2. The number of aliphatic imine (C=N–C) groups is 1. The molecule has 0 saturated heterocycles. The lowest BCUT2D eigenvalue weighted by Gasteiger charge is -2.34. The Labute approximate surface area is 202 Å². The molecular formula is C26H26N6O3. The van der Waals surface area contributed by atoms with Gasteiger partial charge in [0.05, 0.1) is 35.0 Å². The maximum atomic E-state index is 12.8. The lowest BCUT2D eigenvalue weighted by Crippen LogP contribution is -2.36. The first kappa shape index (κ1) is 23.5. The van der Waals surface area contributed by atoms with Crippen molar-refractivity contribution in [2.45, 2.75) is 25.3 Å². The van der Waals surface area contributed by atoms with Gasteiger partial charge in [-0.3, -0.25) is 9.59 Å². The van der Waals surface area contributed by atoms with E-state index in [2.05, 4.69) is 15.3 Å². The van der Waals surface area contributed by atoms with E-state index in [1.807, 2.05) is 47.9 Å². The summed E-state index contributed by atoms with van der Waals surface area (Å²) < 4.78 is 1.89. The number of hydrogen-bond donors (Lipinski definition) is 4. The van der Waals surface area contributed by atoms with Crippen molar-refractivity contribution in [2.75, 3.05) is 5.32 Å². The summed E-state index contributed by atoms with van der Waals surface area (Å²) in [7, 11) is 0. The second-order valence-corrected chi connectivity index (χ2v) is 8.18. The zero-order chi connectivity index (χ0) is 25.0. The van der Waals surface area contributed by atoms with Gasteiger partial charge in [0, 0.05) is 11.3 Å². The van der Waals surface area contributed by atoms with Crippen molar-refractivity contribution in [3.63, 3.8) is 0 Å². The Morgan fingerprint density at radius 3 is 2.40 bits per heavy atom. The van der Waals surface area contributed by atoms with Crippen molar-refractivity contribution in [1.29, 1.82) is 0 Å². The number of carboxylic acids is 1. The molecule has 3 aromatic carbocycles. The first-order valence-corrected chi connectivity index (χ1v) is 11.1. The predicted octanol–water partition coefficient (Wildman–Crippen LogP) is 3.82. The van der Waals surface area contributed by atoms with Crippen LogP contribution >= 0.6 is 0 Å². The molecule has 4 rings (SSSR count). The summed E-state index contributed by atoms with van der Waals surface area (Å²) in [5.41, 5.74) is 13.8. The van der Waals surface area contributed by atoms with Crippen LogP contribution in [0.1, 0.15) is 35.7 Å². The van der Waals surface area contributed by atoms with Gasteiger partial charge in [0.25, 0.3) is 5.91 Å². The van der Waals surface area contributed by atoms with Gasteiger partial charge in [-0.25, -0.2) is 9.98 Å². The van der Waals surface area contributed by atoms with Gasteiger partial charge in [0.15, 0.2) is 5.96 Å². The largest absolute Gasteiger partial charge is 0.481 e. The maximum Gasteiger partial charge on any atom is 0.306 e. The van der Waals surface area contributed by atoms with Crippen LogP contribution in [0.5, 0.6) is 0 Å². The lowest BCUT2D eigenvalue weighted by atomic mass is 9.83. The molecule has 0 radical (unpaired) electrons. The van der Waals surface area contributed by atoms with E-state index < -0.39 is 11.5 Å². The van der Waals surface area contributed by atoms with Crippen molar-refractivity contribution in [3.8, 4) is 0 Å². The van der Waals surface area contributed by atoms with Crippen molar-refractivity contribution in [1.82, 2.24) is 9.55 Å². The quantitative estimate of drug-likeness (QED) is 0.227. The molecule has 0 aliphatic heterocycles. The zero-order valence-corrected chi connectivity index (χ0v) is 19.2. The van der Waals surface area contributed by atoms with Crippen LogP contribution in [0.2, 0.25) is 0 Å². The standard InChI is InChI=1S/C26H26N6O3/c1-2-26(15-23(33)34,18-6-4-3-5-7-18)32-16-29-21-13-12-20(14-22(21)32)30-24(35)17-8-10-19(11-9-17)31-25(27)28/h3-14,16H,2,15H2,1H3,(H,30,35)(H,33,34)(H4,27,28,31). The number of carbonyl (C=O) groups is 2. The molecule has 0 saturated carbocycles. The number of nitrogens with one attached hydrogen (secondary N) is 1. The number of anilines is 1. The number of imidazole rings is 1. The molecule has 9 nitrogen and oxygen atoms in total. The summed E-state index contributed by atoms with van der Waals surface area (Å²) in [6.07, 6.45) is 2.09. The summed E-state index contributed by atoms with van der Waals surface area (Å²) in [6.45, 7) is 1.96. The Balaban J connectivity index is 1.71. The third-order valence-electron chi connectivity index (χ3n) is 5.99. The SMILES string of the molecule is CCC(CC(=O)O)(c1ccccc1)n1cnc2ccc(NC(=O)c3ccc(N=C(N)N)cc3)cc21. The second kappa shape index (κ2) is 9.68. The molecule has 1 aromatic heterocycles. The van der Waals surface area contributed by atoms with Gasteiger partial charge in [0.1, 0.15) is 0 Å². The fraction of sp³-hybridized carbons (Fsp3) is 0.154. The number of guanidine groups is 1. The molecule has 9 heteroatoms. The number of nitrogens with zero attached hydrogens (tertiary/aromatic N) is 3. The normalized spacial score (nSPS) is 12.6. The molecule has 1 unspecified atom stereocenters. The zero-order valence-electron chi connectivity index (χ0n) is 19.2. The van der Waals surface area contributed by atoms with E-state index in [-0.39, 0.29) is 18.3 Å². The fourth-order valence-corrected chi connectivity index (χ4v) is 4.29. The molecule has 4 aromatic rings. The van der Waals surface area contributed by atoms with Gasteiger partial charge in [0.2, 0.25) is 0 Å². The van der Waals surface area contributed by atoms with Crippen LogP contribution in [0, 0.1) is 0 Å². The van der Waals surface area contributed by atoms with Crippen molar-refractivity contribution in [2.24, 2.45) is 16.5 Å². The van der Waals surface area contributed by atoms with Gasteiger partial charge in [-0.1, -0.05) is 37.3 Å². The van der Waals surface area contributed by atoms with Crippen LogP contribution in [0.3, 0.4) is 0 Å². The lowest BCUT2D eigenvalue weighted by molar-refractivity contribution is -0.138. The number of fused-ring (bicyclic) bond motifs is 1. The number of nitrogens with two attached hydrogens (primary N) is 2. The van der Waals surface area contributed by atoms with Gasteiger partial charge >= 0.3 is 5.97 Å². The Morgan fingerprint density at radius 2 is 1.77 bits per heavy atom. The van der Waals surface area contributed by atoms with E-state index in [9.17, 15) is 14.7 Å². The number of benzene rings is 3.